The average Bonchev–Trinajstić information content (AvgIpc) is 2.34. The number of primary amides is 1. The van der Waals surface area contributed by atoms with E-state index in [1.54, 1.807) is 13.8 Å². The molecule has 12 heavy (non-hydrogen) atoms. The van der Waals surface area contributed by atoms with Gasteiger partial charge in [-0.15, -0.1) is 0 Å². The zero-order valence-electron chi connectivity index (χ0n) is 7.93. The first-order valence-electron chi connectivity index (χ1n) is 3.94. The Labute approximate surface area is 72.2 Å². The van der Waals surface area contributed by atoms with E-state index in [9.17, 15) is 4.79 Å². The van der Waals surface area contributed by atoms with Crippen LogP contribution in [-0.4, -0.2) is 15.9 Å². The molecule has 1 heterocycles. The number of nitrogens with zero attached hydrogens (tertiary/aromatic N) is 1. The molecule has 68 valence electrons. The smallest absolute Gasteiger partial charge is 0.269 e. The summed E-state index contributed by atoms with van der Waals surface area (Å²) >= 11 is 0. The van der Waals surface area contributed by atoms with E-state index < -0.39 is 5.91 Å². The highest BCUT2D eigenvalue weighted by Crippen LogP contribution is 2.01. The molecule has 1 aromatic rings. The SMILES string of the molecule is CC.Cc1nc(C(N)=O)c(C)[nH]1. The van der Waals surface area contributed by atoms with Gasteiger partial charge in [-0.2, -0.15) is 0 Å². The molecule has 1 rings (SSSR count). The summed E-state index contributed by atoms with van der Waals surface area (Å²) in [6, 6.07) is 0. The summed E-state index contributed by atoms with van der Waals surface area (Å²) < 4.78 is 0. The van der Waals surface area contributed by atoms with Crippen LogP contribution in [0, 0.1) is 13.8 Å². The quantitative estimate of drug-likeness (QED) is 0.662. The topological polar surface area (TPSA) is 71.8 Å². The number of aromatic amines is 1. The van der Waals surface area contributed by atoms with Crippen LogP contribution < -0.4 is 5.73 Å². The van der Waals surface area contributed by atoms with Crippen molar-refractivity contribution < 1.29 is 4.79 Å². The molecular formula is C8H15N3O. The highest BCUT2D eigenvalue weighted by molar-refractivity contribution is 5.91. The fourth-order valence-corrected chi connectivity index (χ4v) is 0.850. The maximum atomic E-state index is 10.6. The number of carbonyl (C=O) groups excluding carboxylic acids is 1. The Bertz CT molecular complexity index is 265. The van der Waals surface area contributed by atoms with Crippen LogP contribution in [0.1, 0.15) is 35.9 Å². The lowest BCUT2D eigenvalue weighted by Gasteiger charge is -1.86. The molecule has 0 unspecified atom stereocenters. The second kappa shape index (κ2) is 4.54. The first-order chi connectivity index (χ1) is 5.61. The zero-order valence-corrected chi connectivity index (χ0v) is 7.93. The van der Waals surface area contributed by atoms with Gasteiger partial charge in [0.2, 0.25) is 0 Å². The molecule has 0 aromatic carbocycles. The molecular weight excluding hydrogens is 154 g/mol. The minimum atomic E-state index is -0.484. The second-order valence-electron chi connectivity index (χ2n) is 2.16. The molecule has 0 saturated heterocycles. The predicted molar refractivity (Wildman–Crippen MR) is 47.9 cm³/mol. The number of nitrogens with one attached hydrogen (secondary N) is 1. The number of imidazole rings is 1. The summed E-state index contributed by atoms with van der Waals surface area (Å²) in [5.41, 5.74) is 6.06. The van der Waals surface area contributed by atoms with Crippen molar-refractivity contribution in [1.29, 1.82) is 0 Å². The molecule has 0 spiro atoms. The molecule has 0 atom stereocenters. The van der Waals surface area contributed by atoms with Gasteiger partial charge in [0.05, 0.1) is 0 Å². The maximum absolute atomic E-state index is 10.6. The lowest BCUT2D eigenvalue weighted by atomic mass is 10.3. The van der Waals surface area contributed by atoms with E-state index in [1.165, 1.54) is 0 Å². The van der Waals surface area contributed by atoms with E-state index in [2.05, 4.69) is 9.97 Å². The summed E-state index contributed by atoms with van der Waals surface area (Å²) in [5, 5.41) is 0. The van der Waals surface area contributed by atoms with E-state index in [1.807, 2.05) is 13.8 Å². The minimum absolute atomic E-state index is 0.331. The summed E-state index contributed by atoms with van der Waals surface area (Å²) in [4.78, 5) is 17.3. The Morgan fingerprint density at radius 1 is 1.42 bits per heavy atom. The number of hydrogen-bond donors (Lipinski definition) is 2. The van der Waals surface area contributed by atoms with Crippen molar-refractivity contribution in [3.8, 4) is 0 Å². The number of H-pyrrole nitrogens is 1. The number of amides is 1. The molecule has 0 bridgehead atoms. The summed E-state index contributed by atoms with van der Waals surface area (Å²) in [6.45, 7) is 7.54. The zero-order chi connectivity index (χ0) is 9.72. The number of rotatable bonds is 1. The molecule has 4 nitrogen and oxygen atoms in total. The van der Waals surface area contributed by atoms with Crippen LogP contribution in [0.3, 0.4) is 0 Å². The molecule has 0 radical (unpaired) electrons. The molecule has 0 saturated carbocycles. The molecule has 4 heteroatoms. The van der Waals surface area contributed by atoms with Crippen LogP contribution in [0.5, 0.6) is 0 Å². The van der Waals surface area contributed by atoms with Gasteiger partial charge in [-0.05, 0) is 13.8 Å². The van der Waals surface area contributed by atoms with Crippen LogP contribution in [0.25, 0.3) is 0 Å². The highest BCUT2D eigenvalue weighted by atomic mass is 16.1. The highest BCUT2D eigenvalue weighted by Gasteiger charge is 2.07. The van der Waals surface area contributed by atoms with Crippen molar-refractivity contribution in [2.24, 2.45) is 5.73 Å². The van der Waals surface area contributed by atoms with Crippen molar-refractivity contribution in [2.75, 3.05) is 0 Å². The van der Waals surface area contributed by atoms with Gasteiger partial charge < -0.3 is 10.7 Å². The number of aryl methyl sites for hydroxylation is 2. The van der Waals surface area contributed by atoms with Crippen LogP contribution >= 0.6 is 0 Å². The van der Waals surface area contributed by atoms with Crippen molar-refractivity contribution >= 4 is 5.91 Å². The van der Waals surface area contributed by atoms with Gasteiger partial charge in [-0.25, -0.2) is 4.98 Å². The van der Waals surface area contributed by atoms with Gasteiger partial charge in [0.1, 0.15) is 11.5 Å². The molecule has 0 aliphatic rings. The van der Waals surface area contributed by atoms with Crippen molar-refractivity contribution in [3.05, 3.63) is 17.2 Å². The number of nitrogens with two attached hydrogens (primary N) is 1. The van der Waals surface area contributed by atoms with Gasteiger partial charge >= 0.3 is 0 Å². The fraction of sp³-hybridized carbons (Fsp3) is 0.500. The third-order valence-corrected chi connectivity index (χ3v) is 1.24. The number of hydrogen-bond acceptors (Lipinski definition) is 2. The van der Waals surface area contributed by atoms with Gasteiger partial charge in [0.15, 0.2) is 0 Å². The molecule has 0 aliphatic heterocycles. The lowest BCUT2D eigenvalue weighted by Crippen LogP contribution is -2.12. The van der Waals surface area contributed by atoms with Crippen molar-refractivity contribution in [1.82, 2.24) is 9.97 Å². The predicted octanol–water partition coefficient (Wildman–Crippen LogP) is 1.15. The van der Waals surface area contributed by atoms with Gasteiger partial charge in [-0.3, -0.25) is 4.79 Å². The van der Waals surface area contributed by atoms with E-state index in [0.717, 1.165) is 5.69 Å². The molecule has 1 amide bonds. The third kappa shape index (κ3) is 2.38. The lowest BCUT2D eigenvalue weighted by molar-refractivity contribution is 0.0995. The Balaban J connectivity index is 0.000000561. The van der Waals surface area contributed by atoms with Gasteiger partial charge in [0.25, 0.3) is 5.91 Å². The number of carbonyl (C=O) groups is 1. The van der Waals surface area contributed by atoms with Crippen LogP contribution in [-0.2, 0) is 0 Å². The van der Waals surface area contributed by atoms with E-state index in [-0.39, 0.29) is 0 Å². The first-order valence-corrected chi connectivity index (χ1v) is 3.94. The summed E-state index contributed by atoms with van der Waals surface area (Å²) in [6.07, 6.45) is 0. The second-order valence-corrected chi connectivity index (χ2v) is 2.16. The Morgan fingerprint density at radius 2 is 1.92 bits per heavy atom. The van der Waals surface area contributed by atoms with Gasteiger partial charge in [0, 0.05) is 5.69 Å². The van der Waals surface area contributed by atoms with Crippen LogP contribution in [0.4, 0.5) is 0 Å². The first kappa shape index (κ1) is 10.7. The summed E-state index contributed by atoms with van der Waals surface area (Å²) in [7, 11) is 0. The largest absolute Gasteiger partial charge is 0.364 e. The Hall–Kier alpha value is -1.32. The Kier molecular flexibility index (Phi) is 4.04. The monoisotopic (exact) mass is 169 g/mol. The van der Waals surface area contributed by atoms with E-state index >= 15 is 0 Å². The Morgan fingerprint density at radius 3 is 2.08 bits per heavy atom. The molecule has 1 aromatic heterocycles. The molecule has 0 fully saturated rings. The van der Waals surface area contributed by atoms with Gasteiger partial charge in [-0.1, -0.05) is 13.8 Å². The number of aromatic nitrogens is 2. The van der Waals surface area contributed by atoms with Crippen LogP contribution in [0.15, 0.2) is 0 Å². The third-order valence-electron chi connectivity index (χ3n) is 1.24. The van der Waals surface area contributed by atoms with Crippen molar-refractivity contribution in [3.63, 3.8) is 0 Å². The van der Waals surface area contributed by atoms with E-state index in [0.29, 0.717) is 11.5 Å². The standard InChI is InChI=1S/C6H9N3O.C2H6/c1-3-5(6(7)10)9-4(2)8-3;1-2/h1-2H3,(H2,7,10)(H,8,9);1-2H3. The average molecular weight is 169 g/mol. The normalized spacial score (nSPS) is 8.67. The molecule has 0 aliphatic carbocycles. The van der Waals surface area contributed by atoms with E-state index in [4.69, 9.17) is 5.73 Å². The maximum Gasteiger partial charge on any atom is 0.269 e. The van der Waals surface area contributed by atoms with Crippen molar-refractivity contribution in [2.45, 2.75) is 27.7 Å². The minimum Gasteiger partial charge on any atom is -0.364 e. The fourth-order valence-electron chi connectivity index (χ4n) is 0.850. The summed E-state index contributed by atoms with van der Waals surface area (Å²) in [5.74, 6) is 0.230. The van der Waals surface area contributed by atoms with Crippen LogP contribution in [0.2, 0.25) is 0 Å². The molecule has 3 N–H and O–H groups in total.